The highest BCUT2D eigenvalue weighted by Gasteiger charge is 2.39. The first-order valence-corrected chi connectivity index (χ1v) is 14.6. The van der Waals surface area contributed by atoms with E-state index in [1.165, 1.54) is 23.1 Å². The molecule has 2 aromatic rings. The summed E-state index contributed by atoms with van der Waals surface area (Å²) in [5, 5.41) is 3.10. The van der Waals surface area contributed by atoms with Gasteiger partial charge < -0.3 is 29.3 Å². The molecule has 0 saturated carbocycles. The third kappa shape index (κ3) is 6.25. The van der Waals surface area contributed by atoms with Crippen LogP contribution in [-0.2, 0) is 14.3 Å². The summed E-state index contributed by atoms with van der Waals surface area (Å²) in [6.07, 6.45) is 3.17. The van der Waals surface area contributed by atoms with Crippen molar-refractivity contribution in [2.24, 2.45) is 5.92 Å². The molecule has 3 atom stereocenters. The topological polar surface area (TPSA) is 114 Å². The van der Waals surface area contributed by atoms with Crippen LogP contribution in [0.4, 0.5) is 4.39 Å². The van der Waals surface area contributed by atoms with E-state index in [-0.39, 0.29) is 73.8 Å². The molecule has 0 bridgehead atoms. The fourth-order valence-corrected chi connectivity index (χ4v) is 6.28. The molecule has 0 aliphatic carbocycles. The summed E-state index contributed by atoms with van der Waals surface area (Å²) in [5.41, 5.74) is 0.263. The first kappa shape index (κ1) is 28.5. The van der Waals surface area contributed by atoms with Gasteiger partial charge in [0.05, 0.1) is 23.8 Å². The molecular weight excluding hydrogens is 545 g/mol. The molecule has 3 saturated heterocycles. The molecule has 6 rings (SSSR count). The lowest BCUT2D eigenvalue weighted by Gasteiger charge is -2.41. The smallest absolute Gasteiger partial charge is 0.257 e. The van der Waals surface area contributed by atoms with Gasteiger partial charge in [-0.15, -0.1) is 0 Å². The number of nitrogens with zero attached hydrogens (tertiary/aromatic N) is 4. The van der Waals surface area contributed by atoms with Crippen molar-refractivity contribution in [2.45, 2.75) is 31.0 Å². The first-order chi connectivity index (χ1) is 20.5. The van der Waals surface area contributed by atoms with Gasteiger partial charge in [0.1, 0.15) is 24.6 Å². The molecule has 0 radical (unpaired) electrons. The van der Waals surface area contributed by atoms with Crippen LogP contribution in [0.15, 0.2) is 42.6 Å². The Balaban J connectivity index is 1.22. The normalized spacial score (nSPS) is 26.1. The van der Waals surface area contributed by atoms with Crippen LogP contribution < -0.4 is 10.1 Å². The zero-order chi connectivity index (χ0) is 29.1. The van der Waals surface area contributed by atoms with E-state index in [1.807, 2.05) is 0 Å². The van der Waals surface area contributed by atoms with Gasteiger partial charge >= 0.3 is 0 Å². The molecule has 42 heavy (non-hydrogen) atoms. The minimum absolute atomic E-state index is 0.00414. The van der Waals surface area contributed by atoms with Gasteiger partial charge in [-0.3, -0.25) is 19.3 Å². The van der Waals surface area contributed by atoms with Crippen molar-refractivity contribution >= 4 is 17.7 Å². The lowest BCUT2D eigenvalue weighted by molar-refractivity contribution is -0.143. The van der Waals surface area contributed by atoms with Crippen LogP contribution in [-0.4, -0.2) is 121 Å². The van der Waals surface area contributed by atoms with Crippen molar-refractivity contribution < 1.29 is 33.0 Å². The third-order valence-electron chi connectivity index (χ3n) is 8.56. The van der Waals surface area contributed by atoms with Gasteiger partial charge in [-0.05, 0) is 43.0 Å². The Morgan fingerprint density at radius 1 is 1.05 bits per heavy atom. The van der Waals surface area contributed by atoms with E-state index in [9.17, 15) is 18.8 Å². The Hall–Kier alpha value is -3.61. The lowest BCUT2D eigenvalue weighted by Crippen LogP contribution is -2.59. The Labute approximate surface area is 243 Å². The Bertz CT molecular complexity index is 1310. The largest absolute Gasteiger partial charge is 0.475 e. The van der Waals surface area contributed by atoms with Crippen molar-refractivity contribution in [3.63, 3.8) is 0 Å². The van der Waals surface area contributed by atoms with Gasteiger partial charge in [-0.2, -0.15) is 0 Å². The summed E-state index contributed by atoms with van der Waals surface area (Å²) in [4.78, 5) is 49.9. The van der Waals surface area contributed by atoms with E-state index in [1.54, 1.807) is 29.3 Å². The number of fused-ring (bicyclic) bond motifs is 3. The zero-order valence-electron chi connectivity index (χ0n) is 23.5. The quantitative estimate of drug-likeness (QED) is 0.576. The molecule has 12 heteroatoms. The summed E-state index contributed by atoms with van der Waals surface area (Å²) in [7, 11) is 0. The number of likely N-dealkylation sites (tertiary alicyclic amines) is 1. The molecule has 1 N–H and O–H groups in total. The number of carbonyl (C=O) groups excluding carboxylic acids is 3. The number of rotatable bonds is 3. The molecule has 5 heterocycles. The Morgan fingerprint density at radius 3 is 2.71 bits per heavy atom. The monoisotopic (exact) mass is 581 g/mol. The van der Waals surface area contributed by atoms with E-state index in [4.69, 9.17) is 14.2 Å². The molecule has 11 nitrogen and oxygen atoms in total. The number of nitrogens with one attached hydrogen (secondary N) is 1. The highest BCUT2D eigenvalue weighted by Crippen LogP contribution is 2.24. The van der Waals surface area contributed by atoms with Crippen LogP contribution in [0.1, 0.15) is 33.6 Å². The van der Waals surface area contributed by atoms with Crippen LogP contribution in [0.3, 0.4) is 0 Å². The summed E-state index contributed by atoms with van der Waals surface area (Å²) in [6.45, 7) is 4.07. The van der Waals surface area contributed by atoms with Crippen LogP contribution in [0.25, 0.3) is 0 Å². The van der Waals surface area contributed by atoms with Crippen molar-refractivity contribution in [2.75, 3.05) is 65.7 Å². The number of hydrogen-bond donors (Lipinski definition) is 1. The van der Waals surface area contributed by atoms with Gasteiger partial charge in [0.2, 0.25) is 11.8 Å². The number of carbonyl (C=O) groups is 3. The van der Waals surface area contributed by atoms with E-state index in [2.05, 4.69) is 15.2 Å². The van der Waals surface area contributed by atoms with Crippen LogP contribution in [0.5, 0.6) is 5.88 Å². The van der Waals surface area contributed by atoms with E-state index >= 15 is 0 Å². The molecule has 4 aliphatic rings. The Morgan fingerprint density at radius 2 is 1.88 bits per heavy atom. The molecule has 224 valence electrons. The average molecular weight is 582 g/mol. The van der Waals surface area contributed by atoms with E-state index in [0.29, 0.717) is 19.0 Å². The third-order valence-corrected chi connectivity index (χ3v) is 8.56. The number of piperazine rings is 1. The van der Waals surface area contributed by atoms with Crippen molar-refractivity contribution in [1.82, 2.24) is 25.0 Å². The fraction of sp³-hybridized carbons (Fsp3) is 0.533. The number of aromatic nitrogens is 1. The number of pyridine rings is 1. The maximum atomic E-state index is 14.4. The predicted molar refractivity (Wildman–Crippen MR) is 149 cm³/mol. The SMILES string of the molecule is O=C1N[C@@H]2CN(CC3CCOCC3)C[C@@H]2OCC(=O)N2CCN(C(=O)c3ccccc3F)C[C@H]2COc2ncccc21. The molecule has 0 unspecified atom stereocenters. The van der Waals surface area contributed by atoms with Crippen molar-refractivity contribution in [1.29, 1.82) is 0 Å². The highest BCUT2D eigenvalue weighted by atomic mass is 19.1. The number of ether oxygens (including phenoxy) is 3. The highest BCUT2D eigenvalue weighted by molar-refractivity contribution is 5.96. The lowest BCUT2D eigenvalue weighted by atomic mass is 10.00. The predicted octanol–water partition coefficient (Wildman–Crippen LogP) is 1.19. The summed E-state index contributed by atoms with van der Waals surface area (Å²) >= 11 is 0. The molecule has 1 aromatic heterocycles. The van der Waals surface area contributed by atoms with Crippen LogP contribution >= 0.6 is 0 Å². The van der Waals surface area contributed by atoms with Crippen molar-refractivity contribution in [3.05, 3.63) is 59.5 Å². The number of amides is 3. The van der Waals surface area contributed by atoms with E-state index in [0.717, 1.165) is 32.6 Å². The number of benzene rings is 1. The molecular formula is C30H36FN5O6. The van der Waals surface area contributed by atoms with Crippen molar-refractivity contribution in [3.8, 4) is 5.88 Å². The minimum Gasteiger partial charge on any atom is -0.475 e. The molecule has 1 aromatic carbocycles. The van der Waals surface area contributed by atoms with Gasteiger partial charge in [-0.1, -0.05) is 12.1 Å². The molecule has 4 aliphatic heterocycles. The van der Waals surface area contributed by atoms with Gasteiger partial charge in [0.25, 0.3) is 11.8 Å². The zero-order valence-corrected chi connectivity index (χ0v) is 23.5. The van der Waals surface area contributed by atoms with Crippen LogP contribution in [0, 0.1) is 11.7 Å². The minimum atomic E-state index is -0.596. The maximum absolute atomic E-state index is 14.4. The van der Waals surface area contributed by atoms with Crippen LogP contribution in [0.2, 0.25) is 0 Å². The molecule has 3 fully saturated rings. The second kappa shape index (κ2) is 12.7. The van der Waals surface area contributed by atoms with Gasteiger partial charge in [0, 0.05) is 58.7 Å². The number of halogens is 1. The molecule has 0 spiro atoms. The summed E-state index contributed by atoms with van der Waals surface area (Å²) < 4.78 is 32.1. The van der Waals surface area contributed by atoms with Gasteiger partial charge in [0.15, 0.2) is 0 Å². The second-order valence-corrected chi connectivity index (χ2v) is 11.3. The van der Waals surface area contributed by atoms with Gasteiger partial charge in [-0.25, -0.2) is 9.37 Å². The number of hydrogen-bond acceptors (Lipinski definition) is 8. The van der Waals surface area contributed by atoms with E-state index < -0.39 is 17.8 Å². The molecule has 3 amide bonds. The standard InChI is InChI=1S/C30H36FN5O6/c31-24-6-2-1-4-22(24)30(39)35-10-11-36-21(15-35)18-42-29-23(5-3-9-32-29)28(38)33-25-16-34(14-20-7-12-40-13-8-20)17-26(25)41-19-27(36)37/h1-6,9,20-21,25-26H,7-8,10-19H2,(H,33,38)/t21-,25+,26-/m0/s1. The first-order valence-electron chi connectivity index (χ1n) is 14.6. The maximum Gasteiger partial charge on any atom is 0.257 e. The summed E-state index contributed by atoms with van der Waals surface area (Å²) in [5.74, 6) is -0.934. The Kier molecular flexibility index (Phi) is 8.63. The fourth-order valence-electron chi connectivity index (χ4n) is 6.28. The second-order valence-electron chi connectivity index (χ2n) is 11.3. The average Bonchev–Trinajstić information content (AvgIpc) is 3.39. The summed E-state index contributed by atoms with van der Waals surface area (Å²) in [6, 6.07) is 8.31.